The molecule has 1 aliphatic heterocycles. The number of imidazole rings is 1. The van der Waals surface area contributed by atoms with Crippen molar-refractivity contribution in [2.24, 2.45) is 0 Å². The number of alkyl halides is 3. The van der Waals surface area contributed by atoms with Gasteiger partial charge in [0.25, 0.3) is 0 Å². The summed E-state index contributed by atoms with van der Waals surface area (Å²) in [4.78, 5) is 29.5. The normalized spacial score (nSPS) is 15.0. The van der Waals surface area contributed by atoms with Crippen molar-refractivity contribution in [2.45, 2.75) is 18.8 Å². The standard InChI is InChI=1S/C20H21F3N4O.C8H8O3/c21-20(22,23)15-4-3-5-16(14-15)26-11-8-25(9-12-26)10-13-27-18-7-2-1-6-17(18)24-19(27)28;9-7(8(10)11)6-4-2-1-3-5-6/h1-7,14H,8-13H2,(H,24,28);1-5,7,9H,(H,10,11). The second kappa shape index (κ2) is 12.2. The Morgan fingerprint density at radius 3 is 2.23 bits per heavy atom. The number of H-pyrrole nitrogens is 1. The molecule has 1 aromatic heterocycles. The van der Waals surface area contributed by atoms with Gasteiger partial charge < -0.3 is 20.1 Å². The molecule has 1 saturated heterocycles. The third-order valence-electron chi connectivity index (χ3n) is 6.58. The van der Waals surface area contributed by atoms with Gasteiger partial charge >= 0.3 is 17.8 Å². The van der Waals surface area contributed by atoms with Gasteiger partial charge in [0.05, 0.1) is 16.6 Å². The number of aliphatic hydroxyl groups is 1. The zero-order valence-corrected chi connectivity index (χ0v) is 21.0. The lowest BCUT2D eigenvalue weighted by Gasteiger charge is -2.36. The van der Waals surface area contributed by atoms with E-state index < -0.39 is 23.8 Å². The summed E-state index contributed by atoms with van der Waals surface area (Å²) >= 11 is 0. The Balaban J connectivity index is 0.000000270. The number of nitrogens with zero attached hydrogens (tertiary/aromatic N) is 3. The number of hydrogen-bond donors (Lipinski definition) is 3. The van der Waals surface area contributed by atoms with Crippen molar-refractivity contribution in [3.63, 3.8) is 0 Å². The van der Waals surface area contributed by atoms with Gasteiger partial charge in [-0.25, -0.2) is 9.59 Å². The van der Waals surface area contributed by atoms with Crippen LogP contribution in [0.4, 0.5) is 18.9 Å². The van der Waals surface area contributed by atoms with Crippen LogP contribution in [0.25, 0.3) is 11.0 Å². The number of nitrogens with one attached hydrogen (secondary N) is 1. The summed E-state index contributed by atoms with van der Waals surface area (Å²) in [6.07, 6.45) is -5.74. The highest BCUT2D eigenvalue weighted by Crippen LogP contribution is 2.31. The van der Waals surface area contributed by atoms with Crippen LogP contribution in [0.3, 0.4) is 0 Å². The molecule has 0 saturated carbocycles. The number of piperazine rings is 1. The van der Waals surface area contributed by atoms with Gasteiger partial charge in [-0.2, -0.15) is 13.2 Å². The van der Waals surface area contributed by atoms with Crippen LogP contribution in [-0.2, 0) is 17.5 Å². The summed E-state index contributed by atoms with van der Waals surface area (Å²) in [7, 11) is 0. The SMILES string of the molecule is O=C(O)C(O)c1ccccc1.O=c1[nH]c2ccccc2n1CCN1CCN(c2cccc(C(F)(F)F)c2)CC1. The van der Waals surface area contributed by atoms with E-state index in [1.807, 2.05) is 29.2 Å². The molecule has 3 N–H and O–H groups in total. The Morgan fingerprint density at radius 1 is 0.897 bits per heavy atom. The largest absolute Gasteiger partial charge is 0.479 e. The predicted octanol–water partition coefficient (Wildman–Crippen LogP) is 3.98. The Bertz CT molecular complexity index is 1440. The van der Waals surface area contributed by atoms with Gasteiger partial charge in [-0.1, -0.05) is 48.5 Å². The van der Waals surface area contributed by atoms with Crippen LogP contribution in [0.15, 0.2) is 83.7 Å². The van der Waals surface area contributed by atoms with E-state index in [9.17, 15) is 22.8 Å². The third kappa shape index (κ3) is 7.06. The quantitative estimate of drug-likeness (QED) is 0.341. The number of aromatic nitrogens is 2. The fourth-order valence-corrected chi connectivity index (χ4v) is 4.46. The molecule has 0 aliphatic carbocycles. The summed E-state index contributed by atoms with van der Waals surface area (Å²) in [5.41, 5.74) is 1.97. The highest BCUT2D eigenvalue weighted by Gasteiger charge is 2.31. The molecule has 206 valence electrons. The molecule has 8 nitrogen and oxygen atoms in total. The Kier molecular flexibility index (Phi) is 8.72. The molecule has 39 heavy (non-hydrogen) atoms. The molecule has 2 heterocycles. The van der Waals surface area contributed by atoms with E-state index in [0.717, 1.165) is 36.7 Å². The Labute approximate surface area is 222 Å². The number of carbonyl (C=O) groups is 1. The topological polar surface area (TPSA) is 102 Å². The molecule has 4 aromatic rings. The minimum atomic E-state index is -4.33. The third-order valence-corrected chi connectivity index (χ3v) is 6.58. The first-order valence-electron chi connectivity index (χ1n) is 12.4. The van der Waals surface area contributed by atoms with E-state index in [0.29, 0.717) is 30.9 Å². The Morgan fingerprint density at radius 2 is 1.56 bits per heavy atom. The molecule has 1 fully saturated rings. The number of carboxylic acids is 1. The van der Waals surface area contributed by atoms with Crippen LogP contribution in [0.2, 0.25) is 0 Å². The second-order valence-corrected chi connectivity index (χ2v) is 9.13. The molecular formula is C28H29F3N4O4. The molecule has 11 heteroatoms. The van der Waals surface area contributed by atoms with Gasteiger partial charge in [-0.05, 0) is 35.9 Å². The van der Waals surface area contributed by atoms with Crippen molar-refractivity contribution in [3.05, 3.63) is 100 Å². The first-order chi connectivity index (χ1) is 18.6. The van der Waals surface area contributed by atoms with E-state index in [1.165, 1.54) is 12.1 Å². The van der Waals surface area contributed by atoms with Crippen molar-refractivity contribution >= 4 is 22.7 Å². The summed E-state index contributed by atoms with van der Waals surface area (Å²) in [5, 5.41) is 17.4. The fraction of sp³-hybridized carbons (Fsp3) is 0.286. The number of rotatable bonds is 6. The van der Waals surface area contributed by atoms with E-state index in [-0.39, 0.29) is 5.69 Å². The van der Waals surface area contributed by atoms with E-state index in [2.05, 4.69) is 9.88 Å². The minimum Gasteiger partial charge on any atom is -0.479 e. The molecule has 5 rings (SSSR count). The summed E-state index contributed by atoms with van der Waals surface area (Å²) in [5.74, 6) is -1.23. The fourth-order valence-electron chi connectivity index (χ4n) is 4.46. The smallest absolute Gasteiger partial charge is 0.416 e. The molecule has 1 aliphatic rings. The van der Waals surface area contributed by atoms with Crippen LogP contribution < -0.4 is 10.6 Å². The molecule has 1 atom stereocenters. The number of aliphatic hydroxyl groups excluding tert-OH is 1. The molecule has 0 spiro atoms. The lowest BCUT2D eigenvalue weighted by Crippen LogP contribution is -2.47. The van der Waals surface area contributed by atoms with Crippen molar-refractivity contribution in [1.29, 1.82) is 0 Å². The van der Waals surface area contributed by atoms with Crippen LogP contribution in [-0.4, -0.2) is 63.4 Å². The minimum absolute atomic E-state index is 0.121. The lowest BCUT2D eigenvalue weighted by atomic mass is 10.1. The van der Waals surface area contributed by atoms with E-state index >= 15 is 0 Å². The molecule has 1 unspecified atom stereocenters. The number of fused-ring (bicyclic) bond motifs is 1. The number of carboxylic acid groups (broad SMARTS) is 1. The maximum Gasteiger partial charge on any atom is 0.416 e. The first-order valence-corrected chi connectivity index (χ1v) is 12.4. The summed E-state index contributed by atoms with van der Waals surface area (Å²) in [6.45, 7) is 4.10. The zero-order valence-electron chi connectivity index (χ0n) is 21.0. The Hall–Kier alpha value is -4.09. The lowest BCUT2D eigenvalue weighted by molar-refractivity contribution is -0.147. The van der Waals surface area contributed by atoms with Gasteiger partial charge in [-0.15, -0.1) is 0 Å². The first kappa shape index (κ1) is 27.9. The zero-order chi connectivity index (χ0) is 28.0. The average molecular weight is 543 g/mol. The number of para-hydroxylation sites is 2. The molecule has 0 bridgehead atoms. The van der Waals surface area contributed by atoms with Crippen LogP contribution in [0.5, 0.6) is 0 Å². The maximum atomic E-state index is 12.9. The van der Waals surface area contributed by atoms with Gasteiger partial charge in [-0.3, -0.25) is 9.47 Å². The van der Waals surface area contributed by atoms with Crippen molar-refractivity contribution in [3.8, 4) is 0 Å². The monoisotopic (exact) mass is 542 g/mol. The van der Waals surface area contributed by atoms with Crippen molar-refractivity contribution in [2.75, 3.05) is 37.6 Å². The van der Waals surface area contributed by atoms with Gasteiger partial charge in [0, 0.05) is 45.0 Å². The van der Waals surface area contributed by atoms with Gasteiger partial charge in [0.15, 0.2) is 6.10 Å². The van der Waals surface area contributed by atoms with Crippen LogP contribution in [0, 0.1) is 0 Å². The molecule has 3 aromatic carbocycles. The highest BCUT2D eigenvalue weighted by atomic mass is 19.4. The van der Waals surface area contributed by atoms with Gasteiger partial charge in [0.2, 0.25) is 0 Å². The van der Waals surface area contributed by atoms with E-state index in [1.54, 1.807) is 41.0 Å². The number of aromatic amines is 1. The second-order valence-electron chi connectivity index (χ2n) is 9.13. The van der Waals surface area contributed by atoms with Crippen molar-refractivity contribution < 1.29 is 28.2 Å². The number of aliphatic carboxylic acids is 1. The summed E-state index contributed by atoms with van der Waals surface area (Å²) in [6, 6.07) is 21.3. The van der Waals surface area contributed by atoms with Crippen LogP contribution >= 0.6 is 0 Å². The number of benzene rings is 3. The molecule has 0 amide bonds. The number of anilines is 1. The predicted molar refractivity (Wildman–Crippen MR) is 142 cm³/mol. The number of hydrogen-bond acceptors (Lipinski definition) is 5. The maximum absolute atomic E-state index is 12.9. The highest BCUT2D eigenvalue weighted by molar-refractivity contribution is 5.75. The number of halogens is 3. The van der Waals surface area contributed by atoms with Gasteiger partial charge in [0.1, 0.15) is 0 Å². The average Bonchev–Trinajstić information content (AvgIpc) is 3.27. The molecular weight excluding hydrogens is 513 g/mol. The summed E-state index contributed by atoms with van der Waals surface area (Å²) < 4.78 is 40.5. The molecule has 0 radical (unpaired) electrons. The van der Waals surface area contributed by atoms with E-state index in [4.69, 9.17) is 10.2 Å². The van der Waals surface area contributed by atoms with Crippen molar-refractivity contribution in [1.82, 2.24) is 14.5 Å². The van der Waals surface area contributed by atoms with Crippen LogP contribution in [0.1, 0.15) is 17.2 Å².